The lowest BCUT2D eigenvalue weighted by Gasteiger charge is -1.84. The quantitative estimate of drug-likeness (QED) is 0.576. The summed E-state index contributed by atoms with van der Waals surface area (Å²) >= 11 is 1.64. The molecule has 0 aliphatic heterocycles. The highest BCUT2D eigenvalue weighted by atomic mass is 32.1. The zero-order chi connectivity index (χ0) is 7.56. The van der Waals surface area contributed by atoms with E-state index < -0.39 is 0 Å². The number of hydrogen-bond acceptors (Lipinski definition) is 2. The van der Waals surface area contributed by atoms with Crippen molar-refractivity contribution in [2.24, 2.45) is 4.99 Å². The molecule has 1 aromatic rings. The molecule has 0 radical (unpaired) electrons. The maximum absolute atomic E-state index is 3.86. The lowest BCUT2D eigenvalue weighted by atomic mass is 10.3. The molecule has 0 amide bonds. The Morgan fingerprint density at radius 2 is 2.40 bits per heavy atom. The maximum Gasteiger partial charge on any atom is 0.122 e. The Bertz CT molecular complexity index is 235. The summed E-state index contributed by atoms with van der Waals surface area (Å²) in [6.45, 7) is 9.19. The first-order chi connectivity index (χ1) is 4.77. The van der Waals surface area contributed by atoms with E-state index in [1.165, 1.54) is 4.88 Å². The summed E-state index contributed by atoms with van der Waals surface area (Å²) in [7, 11) is 0. The molecular formula is C8H9NS. The van der Waals surface area contributed by atoms with Crippen LogP contribution >= 0.6 is 11.3 Å². The normalized spacial score (nSPS) is 9.30. The summed E-state index contributed by atoms with van der Waals surface area (Å²) < 4.78 is 0. The Kier molecular flexibility index (Phi) is 2.02. The van der Waals surface area contributed by atoms with Crippen LogP contribution in [0.1, 0.15) is 10.4 Å². The summed E-state index contributed by atoms with van der Waals surface area (Å²) in [6.07, 6.45) is 1.80. The third-order valence-corrected chi connectivity index (χ3v) is 2.22. The first-order valence-electron chi connectivity index (χ1n) is 2.97. The van der Waals surface area contributed by atoms with Crippen molar-refractivity contribution in [2.75, 3.05) is 0 Å². The Morgan fingerprint density at radius 1 is 1.70 bits per heavy atom. The van der Waals surface area contributed by atoms with Gasteiger partial charge in [-0.25, -0.2) is 0 Å². The smallest absolute Gasteiger partial charge is 0.122 e. The number of thiophene rings is 1. The van der Waals surface area contributed by atoms with Gasteiger partial charge in [0.25, 0.3) is 0 Å². The van der Waals surface area contributed by atoms with Gasteiger partial charge in [0.2, 0.25) is 0 Å². The van der Waals surface area contributed by atoms with Gasteiger partial charge >= 0.3 is 0 Å². The van der Waals surface area contributed by atoms with E-state index in [9.17, 15) is 0 Å². The first-order valence-corrected chi connectivity index (χ1v) is 3.79. The molecular weight excluding hydrogens is 142 g/mol. The van der Waals surface area contributed by atoms with Crippen molar-refractivity contribution in [3.05, 3.63) is 23.1 Å². The summed E-state index contributed by atoms with van der Waals surface area (Å²) in [5.41, 5.74) is 1.08. The van der Waals surface area contributed by atoms with Crippen LogP contribution in [0.3, 0.4) is 0 Å². The lowest BCUT2D eigenvalue weighted by molar-refractivity contribution is 1.61. The molecule has 1 heterocycles. The van der Waals surface area contributed by atoms with Crippen LogP contribution in [0.25, 0.3) is 6.08 Å². The highest BCUT2D eigenvalue weighted by Crippen LogP contribution is 2.30. The van der Waals surface area contributed by atoms with Gasteiger partial charge in [0, 0.05) is 10.4 Å². The molecule has 0 N–H and O–H groups in total. The Hall–Kier alpha value is -0.890. The van der Waals surface area contributed by atoms with E-state index in [1.54, 1.807) is 17.4 Å². The minimum absolute atomic E-state index is 0.965. The molecule has 0 unspecified atom stereocenters. The first kappa shape index (κ1) is 7.22. The van der Waals surface area contributed by atoms with Crippen molar-refractivity contribution in [1.82, 2.24) is 0 Å². The third kappa shape index (κ3) is 1.16. The number of rotatable bonds is 2. The SMILES string of the molecule is C=Cc1cc(C)sc1N=C. The van der Waals surface area contributed by atoms with Crippen molar-refractivity contribution in [2.45, 2.75) is 6.92 Å². The molecule has 52 valence electrons. The largest absolute Gasteiger partial charge is 0.253 e. The summed E-state index contributed by atoms with van der Waals surface area (Å²) in [5.74, 6) is 0. The molecule has 0 aliphatic carbocycles. The predicted octanol–water partition coefficient (Wildman–Crippen LogP) is 3.03. The molecule has 1 aromatic heterocycles. The van der Waals surface area contributed by atoms with Crippen LogP contribution in [0.2, 0.25) is 0 Å². The number of nitrogens with zero attached hydrogens (tertiary/aromatic N) is 1. The van der Waals surface area contributed by atoms with Gasteiger partial charge in [0.1, 0.15) is 5.00 Å². The monoisotopic (exact) mass is 151 g/mol. The summed E-state index contributed by atoms with van der Waals surface area (Å²) in [4.78, 5) is 5.11. The Morgan fingerprint density at radius 3 is 2.80 bits per heavy atom. The van der Waals surface area contributed by atoms with E-state index in [2.05, 4.69) is 24.4 Å². The maximum atomic E-state index is 3.86. The average molecular weight is 151 g/mol. The van der Waals surface area contributed by atoms with Crippen LogP contribution in [-0.4, -0.2) is 6.72 Å². The van der Waals surface area contributed by atoms with Gasteiger partial charge in [-0.2, -0.15) is 0 Å². The van der Waals surface area contributed by atoms with Crippen molar-refractivity contribution in [3.8, 4) is 0 Å². The standard InChI is InChI=1S/C8H9NS/c1-4-7-5-6(2)10-8(7)9-3/h4-5H,1,3H2,2H3. The van der Waals surface area contributed by atoms with Gasteiger partial charge in [-0.1, -0.05) is 12.7 Å². The highest BCUT2D eigenvalue weighted by molar-refractivity contribution is 7.16. The number of aliphatic imine (C=N–C) groups is 1. The van der Waals surface area contributed by atoms with Crippen LogP contribution in [0.5, 0.6) is 0 Å². The third-order valence-electron chi connectivity index (χ3n) is 1.23. The number of hydrogen-bond donors (Lipinski definition) is 0. The topological polar surface area (TPSA) is 12.4 Å². The molecule has 0 saturated heterocycles. The number of aryl methyl sites for hydroxylation is 1. The van der Waals surface area contributed by atoms with Gasteiger partial charge in [-0.05, 0) is 19.7 Å². The average Bonchev–Trinajstić information content (AvgIpc) is 2.30. The molecule has 0 atom stereocenters. The van der Waals surface area contributed by atoms with Gasteiger partial charge in [0.05, 0.1) is 0 Å². The van der Waals surface area contributed by atoms with Crippen LogP contribution < -0.4 is 0 Å². The fourth-order valence-corrected chi connectivity index (χ4v) is 1.61. The summed E-state index contributed by atoms with van der Waals surface area (Å²) in [5, 5.41) is 0.965. The van der Waals surface area contributed by atoms with Gasteiger partial charge < -0.3 is 0 Å². The van der Waals surface area contributed by atoms with Crippen molar-refractivity contribution in [3.63, 3.8) is 0 Å². The molecule has 0 saturated carbocycles. The minimum Gasteiger partial charge on any atom is -0.253 e. The van der Waals surface area contributed by atoms with Crippen molar-refractivity contribution in [1.29, 1.82) is 0 Å². The Labute approximate surface area is 64.7 Å². The zero-order valence-corrected chi connectivity index (χ0v) is 6.74. The van der Waals surface area contributed by atoms with Crippen LogP contribution in [0, 0.1) is 6.92 Å². The molecule has 0 aromatic carbocycles. The summed E-state index contributed by atoms with van der Waals surface area (Å²) in [6, 6.07) is 2.06. The second-order valence-electron chi connectivity index (χ2n) is 1.98. The van der Waals surface area contributed by atoms with Crippen molar-refractivity contribution >= 4 is 29.1 Å². The fourth-order valence-electron chi connectivity index (χ4n) is 0.791. The fraction of sp³-hybridized carbons (Fsp3) is 0.125. The van der Waals surface area contributed by atoms with Crippen LogP contribution in [-0.2, 0) is 0 Å². The van der Waals surface area contributed by atoms with Gasteiger partial charge in [0.15, 0.2) is 0 Å². The zero-order valence-electron chi connectivity index (χ0n) is 5.92. The van der Waals surface area contributed by atoms with Gasteiger partial charge in [-0.15, -0.1) is 11.3 Å². The van der Waals surface area contributed by atoms with Crippen LogP contribution in [0.4, 0.5) is 5.00 Å². The molecule has 1 nitrogen and oxygen atoms in total. The molecule has 0 spiro atoms. The van der Waals surface area contributed by atoms with E-state index in [0.29, 0.717) is 0 Å². The van der Waals surface area contributed by atoms with E-state index in [-0.39, 0.29) is 0 Å². The van der Waals surface area contributed by atoms with E-state index in [0.717, 1.165) is 10.6 Å². The molecule has 0 bridgehead atoms. The minimum atomic E-state index is 0.965. The molecule has 10 heavy (non-hydrogen) atoms. The Balaban J connectivity index is 3.20. The molecule has 2 heteroatoms. The van der Waals surface area contributed by atoms with E-state index in [1.807, 2.05) is 6.92 Å². The predicted molar refractivity (Wildman–Crippen MR) is 48.4 cm³/mol. The van der Waals surface area contributed by atoms with Crippen molar-refractivity contribution < 1.29 is 0 Å². The molecule has 1 rings (SSSR count). The molecule has 0 fully saturated rings. The highest BCUT2D eigenvalue weighted by Gasteiger charge is 1.99. The van der Waals surface area contributed by atoms with Crippen LogP contribution in [0.15, 0.2) is 17.6 Å². The van der Waals surface area contributed by atoms with Gasteiger partial charge in [-0.3, -0.25) is 4.99 Å². The van der Waals surface area contributed by atoms with E-state index >= 15 is 0 Å². The molecule has 0 aliphatic rings. The second-order valence-corrected chi connectivity index (χ2v) is 3.21. The van der Waals surface area contributed by atoms with E-state index in [4.69, 9.17) is 0 Å². The lowest BCUT2D eigenvalue weighted by Crippen LogP contribution is -1.59. The second kappa shape index (κ2) is 2.80.